The van der Waals surface area contributed by atoms with Crippen LogP contribution in [0, 0.1) is 12.7 Å². The fraction of sp³-hybridized carbons (Fsp3) is 0.444. The van der Waals surface area contributed by atoms with Gasteiger partial charge in [0, 0.05) is 19.0 Å². The average Bonchev–Trinajstić information content (AvgIpc) is 3.38. The summed E-state index contributed by atoms with van der Waals surface area (Å²) < 4.78 is 20.6. The van der Waals surface area contributed by atoms with Gasteiger partial charge in [0.15, 0.2) is 0 Å². The molecule has 2 aromatic rings. The highest BCUT2D eigenvalue weighted by Crippen LogP contribution is 2.42. The van der Waals surface area contributed by atoms with E-state index in [1.807, 2.05) is 17.9 Å². The Hall–Kier alpha value is -2.21. The molecule has 24 heavy (non-hydrogen) atoms. The molecule has 126 valence electrons. The second-order valence-electron chi connectivity index (χ2n) is 6.42. The molecule has 0 spiro atoms. The predicted octanol–water partition coefficient (Wildman–Crippen LogP) is 2.67. The predicted molar refractivity (Wildman–Crippen MR) is 87.0 cm³/mol. The molecule has 2 fully saturated rings. The standard InChI is InChI=1S/C18H20FN3O2/c1-12-16(18(23)21-7-9-24-10-8-21)17(13-5-6-13)20-22(12)15-4-2-3-14(19)11-15/h2-4,11,13H,5-10H2,1H3. The van der Waals surface area contributed by atoms with Crippen molar-refractivity contribution in [3.63, 3.8) is 0 Å². The number of nitrogens with zero attached hydrogens (tertiary/aromatic N) is 3. The number of halogens is 1. The van der Waals surface area contributed by atoms with E-state index < -0.39 is 0 Å². The van der Waals surface area contributed by atoms with Gasteiger partial charge in [-0.05, 0) is 38.0 Å². The van der Waals surface area contributed by atoms with E-state index >= 15 is 0 Å². The quantitative estimate of drug-likeness (QED) is 0.870. The molecular weight excluding hydrogens is 309 g/mol. The first-order chi connectivity index (χ1) is 11.6. The summed E-state index contributed by atoms with van der Waals surface area (Å²) in [4.78, 5) is 14.9. The number of ether oxygens (including phenoxy) is 1. The summed E-state index contributed by atoms with van der Waals surface area (Å²) in [7, 11) is 0. The van der Waals surface area contributed by atoms with E-state index in [-0.39, 0.29) is 11.7 Å². The highest BCUT2D eigenvalue weighted by molar-refractivity contribution is 5.97. The number of morpholine rings is 1. The van der Waals surface area contributed by atoms with Crippen molar-refractivity contribution in [2.75, 3.05) is 26.3 Å². The minimum Gasteiger partial charge on any atom is -0.378 e. The fourth-order valence-electron chi connectivity index (χ4n) is 3.21. The lowest BCUT2D eigenvalue weighted by atomic mass is 10.1. The Bertz CT molecular complexity index is 777. The van der Waals surface area contributed by atoms with Gasteiger partial charge in [0.05, 0.1) is 35.9 Å². The number of carbonyl (C=O) groups excluding carboxylic acids is 1. The Balaban J connectivity index is 1.76. The van der Waals surface area contributed by atoms with Crippen LogP contribution in [0.25, 0.3) is 5.69 Å². The van der Waals surface area contributed by atoms with Crippen LogP contribution in [0.4, 0.5) is 4.39 Å². The molecule has 0 unspecified atom stereocenters. The van der Waals surface area contributed by atoms with Gasteiger partial charge in [0.1, 0.15) is 5.82 Å². The zero-order chi connectivity index (χ0) is 16.7. The van der Waals surface area contributed by atoms with E-state index in [1.165, 1.54) is 12.1 Å². The molecule has 1 aliphatic heterocycles. The van der Waals surface area contributed by atoms with Crippen molar-refractivity contribution in [1.82, 2.24) is 14.7 Å². The Labute approximate surface area is 140 Å². The Morgan fingerprint density at radius 2 is 2.04 bits per heavy atom. The van der Waals surface area contributed by atoms with Gasteiger partial charge in [-0.15, -0.1) is 0 Å². The fourth-order valence-corrected chi connectivity index (χ4v) is 3.21. The van der Waals surface area contributed by atoms with Crippen LogP contribution in [0.3, 0.4) is 0 Å². The van der Waals surface area contributed by atoms with Crippen LogP contribution in [-0.4, -0.2) is 46.9 Å². The lowest BCUT2D eigenvalue weighted by Gasteiger charge is -2.27. The van der Waals surface area contributed by atoms with Gasteiger partial charge < -0.3 is 9.64 Å². The van der Waals surface area contributed by atoms with Crippen molar-refractivity contribution in [1.29, 1.82) is 0 Å². The summed E-state index contributed by atoms with van der Waals surface area (Å²) in [5.74, 6) is 0.0512. The highest BCUT2D eigenvalue weighted by Gasteiger charge is 2.35. The number of rotatable bonds is 3. The van der Waals surface area contributed by atoms with E-state index in [0.717, 1.165) is 24.2 Å². The maximum atomic E-state index is 13.6. The molecule has 0 N–H and O–H groups in total. The van der Waals surface area contributed by atoms with Crippen LogP contribution >= 0.6 is 0 Å². The number of benzene rings is 1. The van der Waals surface area contributed by atoms with E-state index in [4.69, 9.17) is 4.74 Å². The lowest BCUT2D eigenvalue weighted by molar-refractivity contribution is 0.0301. The largest absolute Gasteiger partial charge is 0.378 e. The molecule has 4 rings (SSSR count). The maximum Gasteiger partial charge on any atom is 0.257 e. The molecule has 2 heterocycles. The molecule has 1 saturated heterocycles. The first-order valence-electron chi connectivity index (χ1n) is 8.37. The molecule has 2 aliphatic rings. The second-order valence-corrected chi connectivity index (χ2v) is 6.42. The molecule has 6 heteroatoms. The van der Waals surface area contributed by atoms with Crippen molar-refractivity contribution in [2.45, 2.75) is 25.7 Å². The van der Waals surface area contributed by atoms with Crippen LogP contribution in [-0.2, 0) is 4.74 Å². The topological polar surface area (TPSA) is 47.4 Å². The molecule has 0 atom stereocenters. The minimum atomic E-state index is -0.309. The Kier molecular flexibility index (Phi) is 3.84. The number of amides is 1. The van der Waals surface area contributed by atoms with Gasteiger partial charge in [-0.1, -0.05) is 6.07 Å². The van der Waals surface area contributed by atoms with Gasteiger partial charge in [-0.3, -0.25) is 4.79 Å². The molecule has 1 saturated carbocycles. The molecule has 1 aromatic carbocycles. The van der Waals surface area contributed by atoms with Crippen LogP contribution in [0.15, 0.2) is 24.3 Å². The molecule has 1 aliphatic carbocycles. The minimum absolute atomic E-state index is 0.0142. The van der Waals surface area contributed by atoms with Crippen molar-refractivity contribution in [3.8, 4) is 5.69 Å². The zero-order valence-electron chi connectivity index (χ0n) is 13.7. The van der Waals surface area contributed by atoms with Gasteiger partial charge in [0.2, 0.25) is 0 Å². The number of aromatic nitrogens is 2. The second kappa shape index (κ2) is 6.02. The Morgan fingerprint density at radius 3 is 2.71 bits per heavy atom. The summed E-state index contributed by atoms with van der Waals surface area (Å²) in [6, 6.07) is 6.32. The lowest BCUT2D eigenvalue weighted by Crippen LogP contribution is -2.41. The molecule has 0 radical (unpaired) electrons. The van der Waals surface area contributed by atoms with E-state index in [0.29, 0.717) is 43.5 Å². The van der Waals surface area contributed by atoms with E-state index in [1.54, 1.807) is 10.7 Å². The summed E-state index contributed by atoms with van der Waals surface area (Å²) in [6.07, 6.45) is 2.12. The number of carbonyl (C=O) groups is 1. The first-order valence-corrected chi connectivity index (χ1v) is 8.37. The summed E-state index contributed by atoms with van der Waals surface area (Å²) >= 11 is 0. The summed E-state index contributed by atoms with van der Waals surface area (Å²) in [5.41, 5.74) is 2.96. The SMILES string of the molecule is Cc1c(C(=O)N2CCOCC2)c(C2CC2)nn1-c1cccc(F)c1. The monoisotopic (exact) mass is 329 g/mol. The van der Waals surface area contributed by atoms with Crippen LogP contribution in [0.1, 0.15) is 40.5 Å². The third-order valence-corrected chi connectivity index (χ3v) is 4.67. The van der Waals surface area contributed by atoms with Gasteiger partial charge in [0.25, 0.3) is 5.91 Å². The number of hydrogen-bond acceptors (Lipinski definition) is 3. The zero-order valence-corrected chi connectivity index (χ0v) is 13.7. The Morgan fingerprint density at radius 1 is 1.29 bits per heavy atom. The third-order valence-electron chi connectivity index (χ3n) is 4.67. The normalized spacial score (nSPS) is 18.0. The van der Waals surface area contributed by atoms with Crippen LogP contribution < -0.4 is 0 Å². The van der Waals surface area contributed by atoms with E-state index in [2.05, 4.69) is 5.10 Å². The molecule has 1 amide bonds. The molecule has 1 aromatic heterocycles. The smallest absolute Gasteiger partial charge is 0.257 e. The van der Waals surface area contributed by atoms with Gasteiger partial charge >= 0.3 is 0 Å². The van der Waals surface area contributed by atoms with Crippen molar-refractivity contribution >= 4 is 5.91 Å². The number of hydrogen-bond donors (Lipinski definition) is 0. The van der Waals surface area contributed by atoms with Gasteiger partial charge in [-0.2, -0.15) is 5.10 Å². The van der Waals surface area contributed by atoms with E-state index in [9.17, 15) is 9.18 Å². The first kappa shape index (κ1) is 15.3. The average molecular weight is 329 g/mol. The van der Waals surface area contributed by atoms with Gasteiger partial charge in [-0.25, -0.2) is 9.07 Å². The molecular formula is C18H20FN3O2. The maximum absolute atomic E-state index is 13.6. The summed E-state index contributed by atoms with van der Waals surface area (Å²) in [6.45, 7) is 4.24. The molecule has 0 bridgehead atoms. The highest BCUT2D eigenvalue weighted by atomic mass is 19.1. The van der Waals surface area contributed by atoms with Crippen LogP contribution in [0.2, 0.25) is 0 Å². The summed E-state index contributed by atoms with van der Waals surface area (Å²) in [5, 5.41) is 4.67. The van der Waals surface area contributed by atoms with Crippen molar-refractivity contribution in [3.05, 3.63) is 47.0 Å². The van der Waals surface area contributed by atoms with Crippen molar-refractivity contribution < 1.29 is 13.9 Å². The molecule has 5 nitrogen and oxygen atoms in total. The van der Waals surface area contributed by atoms with Crippen LogP contribution in [0.5, 0.6) is 0 Å². The third kappa shape index (κ3) is 2.71. The van der Waals surface area contributed by atoms with Crippen molar-refractivity contribution in [2.24, 2.45) is 0 Å².